The van der Waals surface area contributed by atoms with Gasteiger partial charge in [-0.1, -0.05) is 17.7 Å². The third-order valence-electron chi connectivity index (χ3n) is 5.25. The first-order chi connectivity index (χ1) is 13.5. The fraction of sp³-hybridized carbons (Fsp3) is 0.333. The number of hydrogen-bond donors (Lipinski definition) is 0. The maximum Gasteiger partial charge on any atom is 0.193 e. The average Bonchev–Trinajstić information content (AvgIpc) is 3.30. The highest BCUT2D eigenvalue weighted by Gasteiger charge is 2.23. The van der Waals surface area contributed by atoms with E-state index in [0.29, 0.717) is 6.54 Å². The van der Waals surface area contributed by atoms with Crippen LogP contribution >= 0.6 is 22.9 Å². The topological polar surface area (TPSA) is 41.4 Å². The minimum absolute atomic E-state index is 0.173. The van der Waals surface area contributed by atoms with Crippen LogP contribution in [-0.2, 0) is 0 Å². The van der Waals surface area contributed by atoms with Gasteiger partial charge in [-0.2, -0.15) is 0 Å². The first-order valence-corrected chi connectivity index (χ1v) is 10.6. The quantitative estimate of drug-likeness (QED) is 0.586. The van der Waals surface area contributed by atoms with Crippen LogP contribution in [0, 0.1) is 13.8 Å². The molecule has 5 nitrogen and oxygen atoms in total. The molecule has 3 aromatic rings. The highest BCUT2D eigenvalue weighted by atomic mass is 35.5. The normalized spacial score (nSPS) is 15.2. The summed E-state index contributed by atoms with van der Waals surface area (Å²) in [7, 11) is 0. The van der Waals surface area contributed by atoms with E-state index in [0.717, 1.165) is 59.0 Å². The van der Waals surface area contributed by atoms with Crippen LogP contribution in [0.15, 0.2) is 41.9 Å². The van der Waals surface area contributed by atoms with Crippen molar-refractivity contribution < 1.29 is 4.79 Å². The molecule has 4 rings (SSSR count). The van der Waals surface area contributed by atoms with E-state index in [9.17, 15) is 4.79 Å². The van der Waals surface area contributed by atoms with Gasteiger partial charge in [0.05, 0.1) is 6.54 Å². The largest absolute Gasteiger partial charge is 0.369 e. The maximum absolute atomic E-state index is 13.0. The van der Waals surface area contributed by atoms with Gasteiger partial charge in [0.25, 0.3) is 0 Å². The number of Topliss-reactive ketones (excluding diaryl/α,β-unsaturated/α-hetero) is 1. The van der Waals surface area contributed by atoms with Crippen molar-refractivity contribution in [3.63, 3.8) is 0 Å². The number of thiazole rings is 1. The molecule has 0 bridgehead atoms. The molecule has 0 unspecified atom stereocenters. The predicted molar refractivity (Wildman–Crippen MR) is 115 cm³/mol. The van der Waals surface area contributed by atoms with Crippen LogP contribution in [0.2, 0.25) is 5.02 Å². The van der Waals surface area contributed by atoms with Crippen LogP contribution in [-0.4, -0.2) is 53.0 Å². The number of anilines is 1. The minimum atomic E-state index is 0.173. The zero-order valence-corrected chi connectivity index (χ0v) is 17.6. The second-order valence-electron chi connectivity index (χ2n) is 7.10. The summed E-state index contributed by atoms with van der Waals surface area (Å²) in [5.41, 5.74) is 3.95. The molecule has 3 heterocycles. The molecule has 2 aromatic heterocycles. The molecular formula is C21H23ClN4OS. The van der Waals surface area contributed by atoms with Gasteiger partial charge in [0, 0.05) is 65.4 Å². The number of nitrogens with zero attached hydrogens (tertiary/aromatic N) is 4. The Hall–Kier alpha value is -2.15. The number of carbonyl (C=O) groups excluding carboxylic acids is 1. The number of hydrogen-bond acceptors (Lipinski definition) is 5. The van der Waals surface area contributed by atoms with E-state index in [1.807, 2.05) is 43.5 Å². The molecule has 0 spiro atoms. The zero-order chi connectivity index (χ0) is 19.7. The summed E-state index contributed by atoms with van der Waals surface area (Å²) in [6.45, 7) is 7.99. The molecule has 1 aliphatic heterocycles. The minimum Gasteiger partial charge on any atom is -0.369 e. The van der Waals surface area contributed by atoms with Crippen molar-refractivity contribution in [3.8, 4) is 5.13 Å². The Bertz CT molecular complexity index is 974. The van der Waals surface area contributed by atoms with Crippen molar-refractivity contribution >= 4 is 34.4 Å². The van der Waals surface area contributed by atoms with Crippen molar-refractivity contribution in [1.82, 2.24) is 14.5 Å². The van der Waals surface area contributed by atoms with Gasteiger partial charge in [0.2, 0.25) is 0 Å². The molecule has 0 saturated carbocycles. The summed E-state index contributed by atoms with van der Waals surface area (Å²) >= 11 is 7.69. The molecular weight excluding hydrogens is 392 g/mol. The lowest BCUT2D eigenvalue weighted by Crippen LogP contribution is -2.48. The molecule has 28 heavy (non-hydrogen) atoms. The van der Waals surface area contributed by atoms with Crippen molar-refractivity contribution in [2.45, 2.75) is 13.8 Å². The van der Waals surface area contributed by atoms with Gasteiger partial charge in [0.1, 0.15) is 0 Å². The molecule has 0 amide bonds. The first-order valence-electron chi connectivity index (χ1n) is 9.38. The summed E-state index contributed by atoms with van der Waals surface area (Å²) in [5.74, 6) is 0.173. The third-order valence-corrected chi connectivity index (χ3v) is 6.25. The smallest absolute Gasteiger partial charge is 0.193 e. The lowest BCUT2D eigenvalue weighted by Gasteiger charge is -2.35. The maximum atomic E-state index is 13.0. The van der Waals surface area contributed by atoms with Gasteiger partial charge in [-0.3, -0.25) is 14.3 Å². The Kier molecular flexibility index (Phi) is 5.53. The van der Waals surface area contributed by atoms with Crippen LogP contribution in [0.25, 0.3) is 5.13 Å². The van der Waals surface area contributed by atoms with Gasteiger partial charge < -0.3 is 4.90 Å². The molecule has 0 aliphatic carbocycles. The Morgan fingerprint density at radius 3 is 2.64 bits per heavy atom. The SMILES string of the molecule is Cc1cc(C(=O)CN2CCN(c3cccc(Cl)c3)CC2)c(C)n1-c1nccs1. The van der Waals surface area contributed by atoms with Gasteiger partial charge in [-0.15, -0.1) is 11.3 Å². The molecule has 146 valence electrons. The number of aryl methyl sites for hydroxylation is 1. The molecule has 0 N–H and O–H groups in total. The number of rotatable bonds is 5. The number of aromatic nitrogens is 2. The highest BCUT2D eigenvalue weighted by molar-refractivity contribution is 7.12. The molecule has 0 radical (unpaired) electrons. The van der Waals surface area contributed by atoms with E-state index in [4.69, 9.17) is 11.6 Å². The Morgan fingerprint density at radius 2 is 1.96 bits per heavy atom. The van der Waals surface area contributed by atoms with Crippen molar-refractivity contribution in [1.29, 1.82) is 0 Å². The summed E-state index contributed by atoms with van der Waals surface area (Å²) < 4.78 is 2.06. The van der Waals surface area contributed by atoms with Crippen LogP contribution < -0.4 is 4.90 Å². The number of carbonyl (C=O) groups is 1. The van der Waals surface area contributed by atoms with Gasteiger partial charge in [-0.25, -0.2) is 4.98 Å². The Morgan fingerprint density at radius 1 is 1.18 bits per heavy atom. The van der Waals surface area contributed by atoms with E-state index < -0.39 is 0 Å². The van der Waals surface area contributed by atoms with Gasteiger partial charge >= 0.3 is 0 Å². The fourth-order valence-corrected chi connectivity index (χ4v) is 4.73. The predicted octanol–water partition coefficient (Wildman–Crippen LogP) is 4.21. The van der Waals surface area contributed by atoms with Gasteiger partial charge in [-0.05, 0) is 38.1 Å². The van der Waals surface area contributed by atoms with E-state index in [1.54, 1.807) is 17.5 Å². The number of piperazine rings is 1. The Balaban J connectivity index is 1.41. The molecule has 7 heteroatoms. The van der Waals surface area contributed by atoms with Gasteiger partial charge in [0.15, 0.2) is 10.9 Å². The summed E-state index contributed by atoms with van der Waals surface area (Å²) in [6, 6.07) is 9.94. The third kappa shape index (κ3) is 3.85. The molecule has 0 atom stereocenters. The standard InChI is InChI=1S/C21H23ClN4OS/c1-15-12-19(16(2)26(15)21-23-6-11-28-21)20(27)14-24-7-9-25(10-8-24)18-5-3-4-17(22)13-18/h3-6,11-13H,7-10,14H2,1-2H3. The van der Waals surface area contributed by atoms with Crippen LogP contribution in [0.4, 0.5) is 5.69 Å². The second-order valence-corrected chi connectivity index (χ2v) is 8.41. The molecule has 1 aliphatic rings. The van der Waals surface area contributed by atoms with E-state index >= 15 is 0 Å². The van der Waals surface area contributed by atoms with E-state index in [2.05, 4.69) is 25.4 Å². The van der Waals surface area contributed by atoms with E-state index in [-0.39, 0.29) is 5.78 Å². The van der Waals surface area contributed by atoms with Crippen molar-refractivity contribution in [2.24, 2.45) is 0 Å². The fourth-order valence-electron chi connectivity index (χ4n) is 3.79. The Labute approximate surface area is 174 Å². The monoisotopic (exact) mass is 414 g/mol. The number of halogens is 1. The average molecular weight is 415 g/mol. The number of ketones is 1. The second kappa shape index (κ2) is 8.07. The zero-order valence-electron chi connectivity index (χ0n) is 16.1. The first kappa shape index (κ1) is 19.2. The lowest BCUT2D eigenvalue weighted by atomic mass is 10.1. The summed E-state index contributed by atoms with van der Waals surface area (Å²) in [6.07, 6.45) is 1.79. The van der Waals surface area contributed by atoms with Crippen LogP contribution in [0.5, 0.6) is 0 Å². The summed E-state index contributed by atoms with van der Waals surface area (Å²) in [4.78, 5) is 21.9. The lowest BCUT2D eigenvalue weighted by molar-refractivity contribution is 0.0926. The molecule has 1 aromatic carbocycles. The summed E-state index contributed by atoms with van der Waals surface area (Å²) in [5, 5.41) is 3.62. The van der Waals surface area contributed by atoms with E-state index in [1.165, 1.54) is 0 Å². The molecule has 1 fully saturated rings. The highest BCUT2D eigenvalue weighted by Crippen LogP contribution is 2.24. The number of benzene rings is 1. The van der Waals surface area contributed by atoms with Crippen LogP contribution in [0.3, 0.4) is 0 Å². The van der Waals surface area contributed by atoms with Crippen molar-refractivity contribution in [2.75, 3.05) is 37.6 Å². The van der Waals surface area contributed by atoms with Crippen molar-refractivity contribution in [3.05, 3.63) is 63.9 Å². The molecule has 1 saturated heterocycles. The van der Waals surface area contributed by atoms with Crippen LogP contribution in [0.1, 0.15) is 21.7 Å².